The molecule has 1 aromatic carbocycles. The molecule has 5 heteroatoms. The van der Waals surface area contributed by atoms with Crippen LogP contribution in [0.3, 0.4) is 0 Å². The minimum Gasteiger partial charge on any atom is -0.376 e. The van der Waals surface area contributed by atoms with E-state index < -0.39 is 0 Å². The average molecular weight is 306 g/mol. The van der Waals surface area contributed by atoms with Gasteiger partial charge in [0.15, 0.2) is 0 Å². The molecule has 1 atom stereocenters. The average Bonchev–Trinajstić information content (AvgIpc) is 2.55. The summed E-state index contributed by atoms with van der Waals surface area (Å²) < 4.78 is 11.0. The van der Waals surface area contributed by atoms with E-state index in [9.17, 15) is 4.79 Å². The first-order valence-electron chi connectivity index (χ1n) is 7.94. The lowest BCUT2D eigenvalue weighted by atomic mass is 10.2. The second-order valence-electron chi connectivity index (χ2n) is 5.55. The van der Waals surface area contributed by atoms with Crippen LogP contribution >= 0.6 is 0 Å². The zero-order valence-electron chi connectivity index (χ0n) is 13.5. The van der Waals surface area contributed by atoms with Gasteiger partial charge in [0.1, 0.15) is 0 Å². The quantitative estimate of drug-likeness (QED) is 0.770. The van der Waals surface area contributed by atoms with Crippen LogP contribution in [0.2, 0.25) is 0 Å². The Bertz CT molecular complexity index is 446. The maximum atomic E-state index is 12.4. The van der Waals surface area contributed by atoms with E-state index in [1.807, 2.05) is 49.2 Å². The van der Waals surface area contributed by atoms with Crippen molar-refractivity contribution in [3.8, 4) is 0 Å². The highest BCUT2D eigenvalue weighted by atomic mass is 16.6. The Hall–Kier alpha value is -1.43. The van der Waals surface area contributed by atoms with Crippen LogP contribution in [0.25, 0.3) is 0 Å². The van der Waals surface area contributed by atoms with Crippen LogP contribution in [0.15, 0.2) is 30.3 Å². The molecule has 0 aliphatic carbocycles. The van der Waals surface area contributed by atoms with Crippen molar-refractivity contribution in [3.63, 3.8) is 0 Å². The third kappa shape index (κ3) is 5.09. The van der Waals surface area contributed by atoms with E-state index in [0.717, 1.165) is 18.8 Å². The molecular weight excluding hydrogens is 280 g/mol. The fraction of sp³-hybridized carbons (Fsp3) is 0.588. The van der Waals surface area contributed by atoms with Crippen LogP contribution < -0.4 is 4.90 Å². The van der Waals surface area contributed by atoms with E-state index in [1.54, 1.807) is 0 Å². The van der Waals surface area contributed by atoms with Crippen LogP contribution in [0.5, 0.6) is 0 Å². The molecule has 0 radical (unpaired) electrons. The highest BCUT2D eigenvalue weighted by Crippen LogP contribution is 2.14. The zero-order chi connectivity index (χ0) is 15.8. The number of benzene rings is 1. The predicted molar refractivity (Wildman–Crippen MR) is 87.1 cm³/mol. The summed E-state index contributed by atoms with van der Waals surface area (Å²) in [5.41, 5.74) is 0.960. The SMILES string of the molecule is CCN(C(=O)CCN(C)CC1COCCO1)c1ccccc1. The molecule has 0 saturated carbocycles. The molecule has 1 unspecified atom stereocenters. The summed E-state index contributed by atoms with van der Waals surface area (Å²) in [7, 11) is 2.02. The number of hydrogen-bond acceptors (Lipinski definition) is 4. The van der Waals surface area contributed by atoms with E-state index in [-0.39, 0.29) is 12.0 Å². The summed E-state index contributed by atoms with van der Waals surface area (Å²) in [5, 5.41) is 0. The molecule has 2 rings (SSSR count). The molecule has 22 heavy (non-hydrogen) atoms. The molecule has 1 saturated heterocycles. The monoisotopic (exact) mass is 306 g/mol. The van der Waals surface area contributed by atoms with E-state index in [4.69, 9.17) is 9.47 Å². The van der Waals surface area contributed by atoms with E-state index in [0.29, 0.717) is 32.8 Å². The second-order valence-corrected chi connectivity index (χ2v) is 5.55. The van der Waals surface area contributed by atoms with Gasteiger partial charge in [-0.25, -0.2) is 0 Å². The molecule has 0 bridgehead atoms. The Morgan fingerprint density at radius 2 is 2.05 bits per heavy atom. The first-order valence-corrected chi connectivity index (χ1v) is 7.94. The third-order valence-corrected chi connectivity index (χ3v) is 3.79. The number of likely N-dealkylation sites (N-methyl/N-ethyl adjacent to an activating group) is 1. The molecule has 0 N–H and O–H groups in total. The molecule has 1 aliphatic rings. The van der Waals surface area contributed by atoms with Gasteiger partial charge in [-0.1, -0.05) is 18.2 Å². The van der Waals surface area contributed by atoms with E-state index in [1.165, 1.54) is 0 Å². The second kappa shape index (κ2) is 8.88. The Kier molecular flexibility index (Phi) is 6.83. The maximum absolute atomic E-state index is 12.4. The van der Waals surface area contributed by atoms with Gasteiger partial charge in [-0.05, 0) is 26.1 Å². The molecular formula is C17H26N2O3. The fourth-order valence-corrected chi connectivity index (χ4v) is 2.61. The minimum atomic E-state index is 0.116. The Morgan fingerprint density at radius 1 is 1.27 bits per heavy atom. The summed E-state index contributed by atoms with van der Waals surface area (Å²) in [5.74, 6) is 0.154. The molecule has 1 fully saturated rings. The molecule has 1 aromatic rings. The van der Waals surface area contributed by atoms with Crippen molar-refractivity contribution in [1.29, 1.82) is 0 Å². The van der Waals surface area contributed by atoms with Crippen LogP contribution in [0.4, 0.5) is 5.69 Å². The number of hydrogen-bond donors (Lipinski definition) is 0. The smallest absolute Gasteiger partial charge is 0.228 e. The number of carbonyl (C=O) groups excluding carboxylic acids is 1. The van der Waals surface area contributed by atoms with Crippen LogP contribution in [0.1, 0.15) is 13.3 Å². The van der Waals surface area contributed by atoms with Crippen molar-refractivity contribution in [2.75, 3.05) is 51.4 Å². The predicted octanol–water partition coefficient (Wildman–Crippen LogP) is 1.78. The van der Waals surface area contributed by atoms with Crippen molar-refractivity contribution < 1.29 is 14.3 Å². The summed E-state index contributed by atoms with van der Waals surface area (Å²) in [6.07, 6.45) is 0.623. The van der Waals surface area contributed by atoms with E-state index >= 15 is 0 Å². The van der Waals surface area contributed by atoms with Gasteiger partial charge in [0, 0.05) is 31.7 Å². The van der Waals surface area contributed by atoms with Crippen LogP contribution in [-0.2, 0) is 14.3 Å². The highest BCUT2D eigenvalue weighted by Gasteiger charge is 2.18. The summed E-state index contributed by atoms with van der Waals surface area (Å²) in [6, 6.07) is 9.81. The molecule has 0 spiro atoms. The van der Waals surface area contributed by atoms with Gasteiger partial charge in [-0.3, -0.25) is 4.79 Å². The number of amides is 1. The minimum absolute atomic E-state index is 0.116. The third-order valence-electron chi connectivity index (χ3n) is 3.79. The lowest BCUT2D eigenvalue weighted by Gasteiger charge is -2.28. The molecule has 122 valence electrons. The number of carbonyl (C=O) groups is 1. The van der Waals surface area contributed by atoms with Gasteiger partial charge in [0.2, 0.25) is 5.91 Å². The van der Waals surface area contributed by atoms with Crippen molar-refractivity contribution in [3.05, 3.63) is 30.3 Å². The lowest BCUT2D eigenvalue weighted by molar-refractivity contribution is -0.119. The number of rotatable bonds is 7. The van der Waals surface area contributed by atoms with Gasteiger partial charge in [0.05, 0.1) is 25.9 Å². The molecule has 1 amide bonds. The maximum Gasteiger partial charge on any atom is 0.228 e. The van der Waals surface area contributed by atoms with Gasteiger partial charge < -0.3 is 19.3 Å². The number of nitrogens with zero attached hydrogens (tertiary/aromatic N) is 2. The number of para-hydroxylation sites is 1. The Morgan fingerprint density at radius 3 is 2.68 bits per heavy atom. The van der Waals surface area contributed by atoms with Gasteiger partial charge in [0.25, 0.3) is 0 Å². The van der Waals surface area contributed by atoms with Crippen molar-refractivity contribution in [2.45, 2.75) is 19.4 Å². The molecule has 0 aromatic heterocycles. The van der Waals surface area contributed by atoms with Gasteiger partial charge >= 0.3 is 0 Å². The molecule has 1 aliphatic heterocycles. The first kappa shape index (κ1) is 16.9. The summed E-state index contributed by atoms with van der Waals surface area (Å²) in [6.45, 7) is 6.19. The molecule has 1 heterocycles. The van der Waals surface area contributed by atoms with Crippen molar-refractivity contribution in [2.24, 2.45) is 0 Å². The Balaban J connectivity index is 1.78. The standard InChI is InChI=1S/C17H26N2O3/c1-3-19(15-7-5-4-6-8-15)17(20)9-10-18(2)13-16-14-21-11-12-22-16/h4-8,16H,3,9-14H2,1-2H3. The van der Waals surface area contributed by atoms with Crippen molar-refractivity contribution in [1.82, 2.24) is 4.90 Å². The van der Waals surface area contributed by atoms with Gasteiger partial charge in [-0.15, -0.1) is 0 Å². The summed E-state index contributed by atoms with van der Waals surface area (Å²) in [4.78, 5) is 16.4. The first-order chi connectivity index (χ1) is 10.7. The van der Waals surface area contributed by atoms with Gasteiger partial charge in [-0.2, -0.15) is 0 Å². The normalized spacial score (nSPS) is 18.4. The Labute approximate surface area is 132 Å². The fourth-order valence-electron chi connectivity index (χ4n) is 2.61. The zero-order valence-corrected chi connectivity index (χ0v) is 13.5. The summed E-state index contributed by atoms with van der Waals surface area (Å²) >= 11 is 0. The number of ether oxygens (including phenoxy) is 2. The van der Waals surface area contributed by atoms with Crippen molar-refractivity contribution >= 4 is 11.6 Å². The van der Waals surface area contributed by atoms with Crippen LogP contribution in [-0.4, -0.2) is 63.4 Å². The topological polar surface area (TPSA) is 42.0 Å². The number of anilines is 1. The molecule has 5 nitrogen and oxygen atoms in total. The largest absolute Gasteiger partial charge is 0.376 e. The highest BCUT2D eigenvalue weighted by molar-refractivity contribution is 5.93. The van der Waals surface area contributed by atoms with E-state index in [2.05, 4.69) is 4.90 Å². The van der Waals surface area contributed by atoms with Crippen LogP contribution in [0, 0.1) is 0 Å². The lowest BCUT2D eigenvalue weighted by Crippen LogP contribution is -2.40.